The second kappa shape index (κ2) is 9.67. The molecule has 4 aromatic carbocycles. The first-order chi connectivity index (χ1) is 18.0. The van der Waals surface area contributed by atoms with Gasteiger partial charge in [0, 0.05) is 38.8 Å². The van der Waals surface area contributed by atoms with E-state index in [1.807, 2.05) is 69.3 Å². The molecule has 0 spiro atoms. The van der Waals surface area contributed by atoms with Crippen LogP contribution in [0.25, 0.3) is 21.8 Å². The molecule has 0 aliphatic heterocycles. The summed E-state index contributed by atoms with van der Waals surface area (Å²) in [6.07, 6.45) is -4.46. The lowest BCUT2D eigenvalue weighted by atomic mass is 10.1. The molecule has 5 rings (SSSR count). The fraction of sp³-hybridized carbons (Fsp3) is 0.226. The molecule has 1 atom stereocenters. The number of aryl methyl sites for hydroxylation is 1. The number of benzene rings is 4. The molecule has 0 unspecified atom stereocenters. The third-order valence-electron chi connectivity index (χ3n) is 6.74. The third-order valence-corrected chi connectivity index (χ3v) is 10.5. The number of fused-ring (bicyclic) bond motifs is 3. The Morgan fingerprint density at radius 1 is 0.763 bits per heavy atom. The van der Waals surface area contributed by atoms with E-state index < -0.39 is 24.2 Å². The van der Waals surface area contributed by atoms with Crippen LogP contribution in [0.3, 0.4) is 0 Å². The van der Waals surface area contributed by atoms with Gasteiger partial charge in [0.05, 0.1) is 11.3 Å². The van der Waals surface area contributed by atoms with Gasteiger partial charge in [-0.3, -0.25) is 0 Å². The molecular formula is C31H30F3N2OP. The fourth-order valence-corrected chi connectivity index (χ4v) is 7.98. The minimum Gasteiger partial charge on any atom is -0.455 e. The second-order valence-corrected chi connectivity index (χ2v) is 13.7. The summed E-state index contributed by atoms with van der Waals surface area (Å²) in [5.74, 6) is 0.627. The van der Waals surface area contributed by atoms with Crippen LogP contribution in [0.1, 0.15) is 33.3 Å². The van der Waals surface area contributed by atoms with Crippen LogP contribution in [0.2, 0.25) is 0 Å². The maximum atomic E-state index is 13.6. The van der Waals surface area contributed by atoms with Gasteiger partial charge in [-0.05, 0) is 61.5 Å². The molecule has 196 valence electrons. The largest absolute Gasteiger partial charge is 0.455 e. The summed E-state index contributed by atoms with van der Waals surface area (Å²) in [6.45, 7) is 9.06. The molecule has 0 aliphatic rings. The predicted octanol–water partition coefficient (Wildman–Crippen LogP) is 9.78. The first-order valence-electron chi connectivity index (χ1n) is 12.6. The van der Waals surface area contributed by atoms with Crippen molar-refractivity contribution in [2.45, 2.75) is 45.6 Å². The van der Waals surface area contributed by atoms with Gasteiger partial charge < -0.3 is 9.09 Å². The van der Waals surface area contributed by atoms with E-state index in [4.69, 9.17) is 9.27 Å². The van der Waals surface area contributed by atoms with Crippen molar-refractivity contribution < 1.29 is 17.7 Å². The maximum absolute atomic E-state index is 13.6. The van der Waals surface area contributed by atoms with Crippen LogP contribution in [0.4, 0.5) is 18.9 Å². The van der Waals surface area contributed by atoms with Gasteiger partial charge in [-0.15, -0.1) is 0 Å². The van der Waals surface area contributed by atoms with Crippen LogP contribution in [-0.4, -0.2) is 9.72 Å². The fourth-order valence-electron chi connectivity index (χ4n) is 4.92. The third kappa shape index (κ3) is 4.63. The Morgan fingerprint density at radius 3 is 2.13 bits per heavy atom. The zero-order valence-corrected chi connectivity index (χ0v) is 22.7. The number of nitrogens with zero attached hydrogens (tertiary/aromatic N) is 2. The van der Waals surface area contributed by atoms with Crippen LogP contribution in [-0.2, 0) is 12.7 Å². The monoisotopic (exact) mass is 534 g/mol. The summed E-state index contributed by atoms with van der Waals surface area (Å²) in [6, 6.07) is 29.1. The van der Waals surface area contributed by atoms with E-state index >= 15 is 0 Å². The van der Waals surface area contributed by atoms with Crippen molar-refractivity contribution in [2.75, 3.05) is 0 Å². The van der Waals surface area contributed by atoms with Gasteiger partial charge in [-0.1, -0.05) is 63.2 Å². The Labute approximate surface area is 221 Å². The van der Waals surface area contributed by atoms with Crippen molar-refractivity contribution >= 4 is 40.1 Å². The van der Waals surface area contributed by atoms with Gasteiger partial charge >= 0.3 is 6.18 Å². The van der Waals surface area contributed by atoms with Gasteiger partial charge in [0.15, 0.2) is 7.28 Å². The number of alkyl halides is 3. The molecule has 1 heterocycles. The highest BCUT2D eigenvalue weighted by Crippen LogP contribution is 2.62. The number of hydrogen-bond acceptors (Lipinski definition) is 2. The number of para-hydroxylation sites is 2. The quantitative estimate of drug-likeness (QED) is 0.206. The first kappa shape index (κ1) is 26.1. The molecule has 0 fully saturated rings. The van der Waals surface area contributed by atoms with Crippen molar-refractivity contribution in [1.29, 1.82) is 0 Å². The number of halogens is 3. The van der Waals surface area contributed by atoms with E-state index in [2.05, 4.69) is 35.8 Å². The minimum absolute atomic E-state index is 0.245. The molecule has 0 bridgehead atoms. The molecular weight excluding hydrogens is 504 g/mol. The van der Waals surface area contributed by atoms with E-state index in [-0.39, 0.29) is 5.69 Å². The maximum Gasteiger partial charge on any atom is 0.416 e. The lowest BCUT2D eigenvalue weighted by Gasteiger charge is -2.37. The van der Waals surface area contributed by atoms with Crippen LogP contribution < -0.4 is 9.83 Å². The summed E-state index contributed by atoms with van der Waals surface area (Å²) < 4.78 is 55.0. The van der Waals surface area contributed by atoms with E-state index in [9.17, 15) is 13.2 Å². The summed E-state index contributed by atoms with van der Waals surface area (Å²) in [5, 5.41) is 2.53. The van der Waals surface area contributed by atoms with E-state index in [0.29, 0.717) is 5.75 Å². The Balaban J connectivity index is 1.84. The Morgan fingerprint density at radius 2 is 1.45 bits per heavy atom. The summed E-state index contributed by atoms with van der Waals surface area (Å²) in [7, 11) is -2.98. The van der Waals surface area contributed by atoms with E-state index in [0.717, 1.165) is 45.8 Å². The molecule has 5 aromatic rings. The molecule has 0 N–H and O–H groups in total. The molecule has 0 saturated carbocycles. The topological polar surface area (TPSA) is 26.5 Å². The highest BCUT2D eigenvalue weighted by Gasteiger charge is 2.40. The molecule has 0 saturated heterocycles. The van der Waals surface area contributed by atoms with Crippen LogP contribution in [0, 0.1) is 0 Å². The average Bonchev–Trinajstić information content (AvgIpc) is 3.21. The Kier molecular flexibility index (Phi) is 6.65. The molecule has 1 aromatic heterocycles. The van der Waals surface area contributed by atoms with Gasteiger partial charge in [0.1, 0.15) is 5.75 Å². The zero-order chi connectivity index (χ0) is 27.1. The lowest BCUT2D eigenvalue weighted by Crippen LogP contribution is -2.27. The van der Waals surface area contributed by atoms with Crippen molar-refractivity contribution in [2.24, 2.45) is 4.74 Å². The Hall–Kier alpha value is -3.50. The van der Waals surface area contributed by atoms with Crippen molar-refractivity contribution in [3.05, 3.63) is 103 Å². The summed E-state index contributed by atoms with van der Waals surface area (Å²) in [4.78, 5) is 0. The molecule has 0 amide bonds. The molecule has 3 nitrogen and oxygen atoms in total. The SMILES string of the molecule is CCn1c2ccccc2c2cc([P@](=Nc3cccc(C(F)(F)F)c3)(Oc3ccccc3)C(C)(C)C)ccc21. The predicted molar refractivity (Wildman–Crippen MR) is 152 cm³/mol. The summed E-state index contributed by atoms with van der Waals surface area (Å²) >= 11 is 0. The van der Waals surface area contributed by atoms with Crippen LogP contribution in [0.5, 0.6) is 5.75 Å². The number of rotatable bonds is 5. The van der Waals surface area contributed by atoms with Crippen LogP contribution >= 0.6 is 7.28 Å². The normalized spacial score (nSPS) is 14.0. The molecule has 7 heteroatoms. The van der Waals surface area contributed by atoms with Gasteiger partial charge in [0.25, 0.3) is 0 Å². The van der Waals surface area contributed by atoms with Crippen molar-refractivity contribution in [3.63, 3.8) is 0 Å². The molecule has 0 aliphatic carbocycles. The van der Waals surface area contributed by atoms with Crippen LogP contribution in [0.15, 0.2) is 102 Å². The standard InChI is InChI=1S/C31H30F3N2OP/c1-5-36-28-17-10-9-16-26(28)27-21-25(18-19-29(27)36)38(30(2,3)4,37-24-14-7-6-8-15-24)35-23-13-11-12-22(20-23)31(32,33)34/h6-21H,5H2,1-4H3/t38-/m0/s1. The molecule has 38 heavy (non-hydrogen) atoms. The Bertz CT molecular complexity index is 1660. The van der Waals surface area contributed by atoms with E-state index in [1.165, 1.54) is 6.07 Å². The van der Waals surface area contributed by atoms with E-state index in [1.54, 1.807) is 6.07 Å². The van der Waals surface area contributed by atoms with Crippen molar-refractivity contribution in [1.82, 2.24) is 4.57 Å². The first-order valence-corrected chi connectivity index (χ1v) is 14.3. The smallest absolute Gasteiger partial charge is 0.416 e. The van der Waals surface area contributed by atoms with Gasteiger partial charge in [-0.2, -0.15) is 13.2 Å². The second-order valence-electron chi connectivity index (χ2n) is 10.3. The average molecular weight is 535 g/mol. The highest BCUT2D eigenvalue weighted by atomic mass is 31.2. The van der Waals surface area contributed by atoms with Gasteiger partial charge in [-0.25, -0.2) is 4.74 Å². The lowest BCUT2D eigenvalue weighted by molar-refractivity contribution is -0.137. The van der Waals surface area contributed by atoms with Gasteiger partial charge in [0.2, 0.25) is 0 Å². The zero-order valence-electron chi connectivity index (χ0n) is 21.8. The number of hydrogen-bond donors (Lipinski definition) is 0. The minimum atomic E-state index is -4.46. The molecule has 0 radical (unpaired) electrons. The van der Waals surface area contributed by atoms with Crippen molar-refractivity contribution in [3.8, 4) is 5.75 Å². The summed E-state index contributed by atoms with van der Waals surface area (Å²) in [5.41, 5.74) is 1.76. The number of aromatic nitrogens is 1. The highest BCUT2D eigenvalue weighted by molar-refractivity contribution is 7.71.